The molecule has 0 aromatic carbocycles. The lowest BCUT2D eigenvalue weighted by Gasteiger charge is -2.17. The number of rotatable bonds is 6. The van der Waals surface area contributed by atoms with E-state index in [1.54, 1.807) is 6.26 Å². The predicted molar refractivity (Wildman–Crippen MR) is 72.8 cm³/mol. The van der Waals surface area contributed by atoms with Gasteiger partial charge in [-0.3, -0.25) is 0 Å². The Morgan fingerprint density at radius 2 is 1.90 bits per heavy atom. The standard InChI is InChI=1S/C10H13BrF3N3O2S/c1-18-5(19-2)4-15-8-6(11)7(10(12,13)14)16-9(17-8)20-3/h5H,4H2,1-3H3,(H,15,16,17). The quantitative estimate of drug-likeness (QED) is 0.468. The van der Waals surface area contributed by atoms with Gasteiger partial charge < -0.3 is 14.8 Å². The molecule has 5 nitrogen and oxygen atoms in total. The van der Waals surface area contributed by atoms with E-state index < -0.39 is 18.2 Å². The molecular formula is C10H13BrF3N3O2S. The van der Waals surface area contributed by atoms with Crippen LogP contribution in [0.2, 0.25) is 0 Å². The number of hydrogen-bond acceptors (Lipinski definition) is 6. The van der Waals surface area contributed by atoms with E-state index >= 15 is 0 Å². The topological polar surface area (TPSA) is 56.3 Å². The Hall–Kier alpha value is -0.580. The monoisotopic (exact) mass is 375 g/mol. The Bertz CT molecular complexity index is 458. The second kappa shape index (κ2) is 7.43. The summed E-state index contributed by atoms with van der Waals surface area (Å²) in [7, 11) is 2.86. The molecule has 0 aliphatic rings. The summed E-state index contributed by atoms with van der Waals surface area (Å²) in [6.45, 7) is 0.147. The van der Waals surface area contributed by atoms with Gasteiger partial charge in [0, 0.05) is 14.2 Å². The first kappa shape index (κ1) is 17.5. The van der Waals surface area contributed by atoms with E-state index in [0.717, 1.165) is 11.8 Å². The first-order valence-corrected chi connectivity index (χ1v) is 7.33. The molecule has 0 radical (unpaired) electrons. The second-order valence-corrected chi connectivity index (χ2v) is 5.07. The van der Waals surface area contributed by atoms with Crippen molar-refractivity contribution in [1.82, 2.24) is 9.97 Å². The normalized spacial score (nSPS) is 12.0. The van der Waals surface area contributed by atoms with Gasteiger partial charge in [0.2, 0.25) is 0 Å². The third-order valence-corrected chi connectivity index (χ3v) is 3.54. The van der Waals surface area contributed by atoms with Gasteiger partial charge in [-0.15, -0.1) is 0 Å². The van der Waals surface area contributed by atoms with Gasteiger partial charge in [0.15, 0.2) is 17.1 Å². The van der Waals surface area contributed by atoms with E-state index in [-0.39, 0.29) is 22.0 Å². The maximum Gasteiger partial charge on any atom is 0.434 e. The first-order valence-electron chi connectivity index (χ1n) is 5.31. The highest BCUT2D eigenvalue weighted by Crippen LogP contribution is 2.37. The van der Waals surface area contributed by atoms with E-state index in [0.29, 0.717) is 0 Å². The average Bonchev–Trinajstić information content (AvgIpc) is 2.40. The minimum atomic E-state index is -4.56. The number of alkyl halides is 3. The summed E-state index contributed by atoms with van der Waals surface area (Å²) >= 11 is 3.90. The van der Waals surface area contributed by atoms with Crippen molar-refractivity contribution in [3.63, 3.8) is 0 Å². The van der Waals surface area contributed by atoms with Crippen LogP contribution in [-0.2, 0) is 15.7 Å². The van der Waals surface area contributed by atoms with Crippen LogP contribution < -0.4 is 5.32 Å². The maximum absolute atomic E-state index is 12.9. The van der Waals surface area contributed by atoms with Gasteiger partial charge in [-0.1, -0.05) is 11.8 Å². The molecule has 0 aliphatic carbocycles. The highest BCUT2D eigenvalue weighted by Gasteiger charge is 2.37. The van der Waals surface area contributed by atoms with Crippen molar-refractivity contribution in [3.05, 3.63) is 10.2 Å². The van der Waals surface area contributed by atoms with Crippen molar-refractivity contribution in [3.8, 4) is 0 Å². The lowest BCUT2D eigenvalue weighted by Crippen LogP contribution is -2.25. The van der Waals surface area contributed by atoms with Crippen LogP contribution in [0.1, 0.15) is 5.69 Å². The number of nitrogens with zero attached hydrogens (tertiary/aromatic N) is 2. The van der Waals surface area contributed by atoms with Gasteiger partial charge in [0.05, 0.1) is 11.0 Å². The zero-order valence-corrected chi connectivity index (χ0v) is 13.3. The summed E-state index contributed by atoms with van der Waals surface area (Å²) in [5.41, 5.74) is -1.02. The lowest BCUT2D eigenvalue weighted by molar-refractivity contribution is -0.142. The zero-order valence-electron chi connectivity index (χ0n) is 10.9. The molecule has 1 aromatic rings. The molecule has 114 valence electrons. The number of thioether (sulfide) groups is 1. The third kappa shape index (κ3) is 4.47. The molecule has 0 spiro atoms. The lowest BCUT2D eigenvalue weighted by atomic mass is 10.4. The Kier molecular flexibility index (Phi) is 6.49. The van der Waals surface area contributed by atoms with Crippen LogP contribution in [0.15, 0.2) is 9.63 Å². The summed E-state index contributed by atoms with van der Waals surface area (Å²) in [5, 5.41) is 2.76. The number of methoxy groups -OCH3 is 2. The Morgan fingerprint density at radius 3 is 2.35 bits per heavy atom. The number of aromatic nitrogens is 2. The highest BCUT2D eigenvalue weighted by atomic mass is 79.9. The number of anilines is 1. The number of ether oxygens (including phenoxy) is 2. The van der Waals surface area contributed by atoms with E-state index in [1.165, 1.54) is 14.2 Å². The summed E-state index contributed by atoms with van der Waals surface area (Å²) in [4.78, 5) is 7.46. The Balaban J connectivity index is 3.06. The molecule has 0 atom stereocenters. The first-order chi connectivity index (χ1) is 9.33. The zero-order chi connectivity index (χ0) is 15.3. The van der Waals surface area contributed by atoms with Crippen molar-refractivity contribution >= 4 is 33.5 Å². The Labute approximate surface area is 126 Å². The average molecular weight is 376 g/mol. The predicted octanol–water partition coefficient (Wildman–Crippen LogP) is 3.01. The third-order valence-electron chi connectivity index (χ3n) is 2.24. The van der Waals surface area contributed by atoms with Crippen LogP contribution in [0.3, 0.4) is 0 Å². The largest absolute Gasteiger partial charge is 0.434 e. The van der Waals surface area contributed by atoms with E-state index in [9.17, 15) is 13.2 Å². The van der Waals surface area contributed by atoms with Crippen molar-refractivity contribution in [2.75, 3.05) is 32.3 Å². The molecule has 20 heavy (non-hydrogen) atoms. The molecule has 0 saturated heterocycles. The molecule has 1 heterocycles. The molecule has 0 bridgehead atoms. The molecule has 1 aromatic heterocycles. The van der Waals surface area contributed by atoms with Crippen LogP contribution in [0.25, 0.3) is 0 Å². The van der Waals surface area contributed by atoms with Gasteiger partial charge in [0.25, 0.3) is 0 Å². The summed E-state index contributed by atoms with van der Waals surface area (Å²) in [5.74, 6) is 0.0378. The van der Waals surface area contributed by atoms with E-state index in [2.05, 4.69) is 31.2 Å². The smallest absolute Gasteiger partial charge is 0.364 e. The van der Waals surface area contributed by atoms with Crippen LogP contribution in [0.5, 0.6) is 0 Å². The summed E-state index contributed by atoms with van der Waals surface area (Å²) < 4.78 is 48.3. The minimum Gasteiger partial charge on any atom is -0.364 e. The highest BCUT2D eigenvalue weighted by molar-refractivity contribution is 9.10. The maximum atomic E-state index is 12.9. The second-order valence-electron chi connectivity index (χ2n) is 3.50. The van der Waals surface area contributed by atoms with Crippen LogP contribution >= 0.6 is 27.7 Å². The van der Waals surface area contributed by atoms with Crippen molar-refractivity contribution in [1.29, 1.82) is 0 Å². The number of hydrogen-bond donors (Lipinski definition) is 1. The summed E-state index contributed by atoms with van der Waals surface area (Å²) in [6.07, 6.45) is -3.56. The fraction of sp³-hybridized carbons (Fsp3) is 0.600. The van der Waals surface area contributed by atoms with Crippen molar-refractivity contribution in [2.24, 2.45) is 0 Å². The van der Waals surface area contributed by atoms with Gasteiger partial charge in [-0.05, 0) is 22.2 Å². The van der Waals surface area contributed by atoms with E-state index in [4.69, 9.17) is 9.47 Å². The van der Waals surface area contributed by atoms with Crippen molar-refractivity contribution in [2.45, 2.75) is 17.6 Å². The van der Waals surface area contributed by atoms with E-state index in [1.807, 2.05) is 0 Å². The van der Waals surface area contributed by atoms with Gasteiger partial charge in [-0.25, -0.2) is 9.97 Å². The fourth-order valence-corrected chi connectivity index (χ4v) is 2.17. The molecule has 10 heteroatoms. The van der Waals surface area contributed by atoms with Crippen LogP contribution in [-0.4, -0.2) is 43.3 Å². The molecule has 0 amide bonds. The molecule has 0 unspecified atom stereocenters. The van der Waals surface area contributed by atoms with Crippen LogP contribution in [0.4, 0.5) is 19.0 Å². The van der Waals surface area contributed by atoms with Gasteiger partial charge >= 0.3 is 6.18 Å². The molecular weight excluding hydrogens is 363 g/mol. The van der Waals surface area contributed by atoms with Gasteiger partial charge in [-0.2, -0.15) is 13.2 Å². The number of nitrogens with one attached hydrogen (secondary N) is 1. The number of halogens is 4. The SMILES string of the molecule is COC(CNc1nc(SC)nc(C(F)(F)F)c1Br)OC. The van der Waals surface area contributed by atoms with Gasteiger partial charge in [0.1, 0.15) is 5.82 Å². The minimum absolute atomic E-state index is 0.0226. The Morgan fingerprint density at radius 1 is 1.30 bits per heavy atom. The molecule has 1 N–H and O–H groups in total. The van der Waals surface area contributed by atoms with Crippen molar-refractivity contribution < 1.29 is 22.6 Å². The molecule has 0 fully saturated rings. The summed E-state index contributed by atoms with van der Waals surface area (Å²) in [6, 6.07) is 0. The fourth-order valence-electron chi connectivity index (χ4n) is 1.27. The van der Waals surface area contributed by atoms with Crippen LogP contribution in [0, 0.1) is 0 Å². The molecule has 1 rings (SSSR count). The molecule has 0 aliphatic heterocycles. The molecule has 0 saturated carbocycles.